The van der Waals surface area contributed by atoms with Crippen molar-refractivity contribution in [1.82, 2.24) is 4.57 Å². The Morgan fingerprint density at radius 1 is 1.06 bits per heavy atom. The molecule has 2 aromatic carbocycles. The fourth-order valence-corrected chi connectivity index (χ4v) is 3.44. The zero-order valence-corrected chi connectivity index (χ0v) is 19.1. The number of nitrogens with zero attached hydrogens (tertiary/aromatic N) is 2. The molecule has 176 valence electrons. The lowest BCUT2D eigenvalue weighted by Crippen LogP contribution is -2.25. The molecule has 0 saturated heterocycles. The number of halogens is 5. The Labute approximate surface area is 194 Å². The van der Waals surface area contributed by atoms with Gasteiger partial charge in [0.15, 0.2) is 17.4 Å². The van der Waals surface area contributed by atoms with Crippen molar-refractivity contribution in [2.75, 3.05) is 25.1 Å². The summed E-state index contributed by atoms with van der Waals surface area (Å²) in [5.41, 5.74) is -1.07. The van der Waals surface area contributed by atoms with E-state index in [2.05, 4.69) is 15.9 Å². The lowest BCUT2D eigenvalue weighted by Gasteiger charge is -2.20. The minimum absolute atomic E-state index is 0.0213. The average molecular weight is 531 g/mol. The molecular formula is C22H19BrF4N2O4. The Balaban J connectivity index is 1.89. The number of likely N-dealkylation sites (N-methyl/N-ethyl adjacent to an activating group) is 1. The molecule has 0 fully saturated rings. The SMILES string of the molecule is Cc1cc(OOCc2ccc(F)cc2F)c(Br)c(=O)n1-c1c(F)cc(N(C)CCO)cc1F. The van der Waals surface area contributed by atoms with Crippen molar-refractivity contribution in [1.29, 1.82) is 0 Å². The molecule has 0 aliphatic carbocycles. The normalized spacial score (nSPS) is 11.0. The first-order valence-corrected chi connectivity index (χ1v) is 10.4. The third-order valence-corrected chi connectivity index (χ3v) is 5.51. The quantitative estimate of drug-likeness (QED) is 0.265. The first-order valence-electron chi connectivity index (χ1n) is 9.61. The predicted molar refractivity (Wildman–Crippen MR) is 117 cm³/mol. The summed E-state index contributed by atoms with van der Waals surface area (Å²) in [7, 11) is 1.56. The third-order valence-electron chi connectivity index (χ3n) is 4.78. The Kier molecular flexibility index (Phi) is 7.77. The number of aromatic nitrogens is 1. The molecule has 0 spiro atoms. The maximum Gasteiger partial charge on any atom is 0.273 e. The third kappa shape index (κ3) is 5.37. The Hall–Kier alpha value is -2.89. The summed E-state index contributed by atoms with van der Waals surface area (Å²) in [6.45, 7) is 1.01. The van der Waals surface area contributed by atoms with E-state index in [0.29, 0.717) is 6.07 Å². The van der Waals surface area contributed by atoms with Crippen molar-refractivity contribution in [2.45, 2.75) is 13.5 Å². The maximum atomic E-state index is 14.8. The number of aliphatic hydroxyl groups excluding tert-OH is 1. The van der Waals surface area contributed by atoms with Crippen LogP contribution in [0.1, 0.15) is 11.3 Å². The number of hydrogen-bond acceptors (Lipinski definition) is 5. The number of aryl methyl sites for hydroxylation is 1. The highest BCUT2D eigenvalue weighted by Crippen LogP contribution is 2.28. The summed E-state index contributed by atoms with van der Waals surface area (Å²) in [6.07, 6.45) is 0. The molecule has 3 aromatic rings. The van der Waals surface area contributed by atoms with E-state index >= 15 is 0 Å². The summed E-state index contributed by atoms with van der Waals surface area (Å²) >= 11 is 3.04. The highest BCUT2D eigenvalue weighted by molar-refractivity contribution is 9.10. The minimum atomic E-state index is -0.983. The second-order valence-corrected chi connectivity index (χ2v) is 7.88. The van der Waals surface area contributed by atoms with Gasteiger partial charge in [-0.05, 0) is 41.1 Å². The van der Waals surface area contributed by atoms with Gasteiger partial charge < -0.3 is 14.9 Å². The van der Waals surface area contributed by atoms with Gasteiger partial charge in [-0.1, -0.05) is 6.07 Å². The molecule has 0 radical (unpaired) electrons. The molecule has 0 aliphatic heterocycles. The van der Waals surface area contributed by atoms with Crippen molar-refractivity contribution < 1.29 is 32.4 Å². The lowest BCUT2D eigenvalue weighted by molar-refractivity contribution is -0.218. The zero-order chi connectivity index (χ0) is 24.3. The number of anilines is 1. The first-order chi connectivity index (χ1) is 15.6. The standard InChI is InChI=1S/C22H19BrF4N2O4/c1-12-7-19(33-32-11-13-3-4-14(24)8-16(13)25)20(23)22(31)29(12)21-17(26)9-15(10-18(21)27)28(2)5-6-30/h3-4,7-10,30H,5-6,11H2,1-2H3. The van der Waals surface area contributed by atoms with Crippen LogP contribution in [0.2, 0.25) is 0 Å². The molecule has 0 saturated carbocycles. The van der Waals surface area contributed by atoms with Gasteiger partial charge in [0.2, 0.25) is 0 Å². The van der Waals surface area contributed by atoms with Crippen LogP contribution in [0.4, 0.5) is 23.2 Å². The van der Waals surface area contributed by atoms with Crippen LogP contribution in [0.15, 0.2) is 45.7 Å². The number of benzene rings is 2. The summed E-state index contributed by atoms with van der Waals surface area (Å²) in [6, 6.07) is 6.34. The van der Waals surface area contributed by atoms with E-state index in [1.807, 2.05) is 0 Å². The molecule has 1 heterocycles. The van der Waals surface area contributed by atoms with Gasteiger partial charge >= 0.3 is 0 Å². The predicted octanol–water partition coefficient (Wildman–Crippen LogP) is 4.40. The van der Waals surface area contributed by atoms with Gasteiger partial charge in [0, 0.05) is 42.7 Å². The monoisotopic (exact) mass is 530 g/mol. The topological polar surface area (TPSA) is 63.9 Å². The highest BCUT2D eigenvalue weighted by atomic mass is 79.9. The fourth-order valence-electron chi connectivity index (χ4n) is 3.08. The molecule has 1 N–H and O–H groups in total. The van der Waals surface area contributed by atoms with E-state index < -0.39 is 34.5 Å². The van der Waals surface area contributed by atoms with Gasteiger partial charge in [0.1, 0.15) is 28.4 Å². The molecule has 3 rings (SSSR count). The van der Waals surface area contributed by atoms with Gasteiger partial charge in [-0.3, -0.25) is 9.36 Å². The van der Waals surface area contributed by atoms with Crippen LogP contribution >= 0.6 is 15.9 Å². The molecule has 0 amide bonds. The van der Waals surface area contributed by atoms with E-state index in [1.165, 1.54) is 24.0 Å². The average Bonchev–Trinajstić information content (AvgIpc) is 2.75. The second-order valence-electron chi connectivity index (χ2n) is 7.09. The Morgan fingerprint density at radius 2 is 1.73 bits per heavy atom. The van der Waals surface area contributed by atoms with Gasteiger partial charge in [-0.15, -0.1) is 0 Å². The molecule has 6 nitrogen and oxygen atoms in total. The van der Waals surface area contributed by atoms with E-state index in [4.69, 9.17) is 14.9 Å². The van der Waals surface area contributed by atoms with Gasteiger partial charge in [-0.25, -0.2) is 17.6 Å². The molecule has 11 heteroatoms. The summed E-state index contributed by atoms with van der Waals surface area (Å²) in [4.78, 5) is 24.4. The van der Waals surface area contributed by atoms with Crippen LogP contribution in [-0.4, -0.2) is 29.9 Å². The Bertz CT molecular complexity index is 1210. The number of rotatable bonds is 8. The van der Waals surface area contributed by atoms with Crippen LogP contribution in [0, 0.1) is 30.2 Å². The van der Waals surface area contributed by atoms with Crippen molar-refractivity contribution in [3.05, 3.63) is 85.8 Å². The maximum absolute atomic E-state index is 14.8. The molecule has 0 aliphatic rings. The molecule has 0 bridgehead atoms. The van der Waals surface area contributed by atoms with Crippen molar-refractivity contribution in [3.8, 4) is 11.4 Å². The van der Waals surface area contributed by atoms with E-state index in [9.17, 15) is 22.4 Å². The second kappa shape index (κ2) is 10.4. The molecule has 0 unspecified atom stereocenters. The number of pyridine rings is 1. The van der Waals surface area contributed by atoms with E-state index in [1.54, 1.807) is 7.05 Å². The van der Waals surface area contributed by atoms with Gasteiger partial charge in [0.05, 0.1) is 6.61 Å². The summed E-state index contributed by atoms with van der Waals surface area (Å²) < 4.78 is 57.0. The number of aliphatic hydroxyl groups is 1. The fraction of sp³-hybridized carbons (Fsp3) is 0.227. The first kappa shape index (κ1) is 24.7. The van der Waals surface area contributed by atoms with Crippen LogP contribution in [0.3, 0.4) is 0 Å². The zero-order valence-electron chi connectivity index (χ0n) is 17.5. The van der Waals surface area contributed by atoms with E-state index in [-0.39, 0.29) is 46.9 Å². The van der Waals surface area contributed by atoms with Crippen LogP contribution in [0.5, 0.6) is 5.75 Å². The van der Waals surface area contributed by atoms with E-state index in [0.717, 1.165) is 22.8 Å². The van der Waals surface area contributed by atoms with Crippen molar-refractivity contribution in [3.63, 3.8) is 0 Å². The van der Waals surface area contributed by atoms with Crippen LogP contribution in [-0.2, 0) is 11.5 Å². The van der Waals surface area contributed by atoms with Gasteiger partial charge in [-0.2, -0.15) is 4.89 Å². The Morgan fingerprint density at radius 3 is 2.33 bits per heavy atom. The smallest absolute Gasteiger partial charge is 0.273 e. The van der Waals surface area contributed by atoms with Crippen LogP contribution in [0.25, 0.3) is 5.69 Å². The molecule has 33 heavy (non-hydrogen) atoms. The molecule has 0 atom stereocenters. The lowest BCUT2D eigenvalue weighted by atomic mass is 10.2. The van der Waals surface area contributed by atoms with Crippen molar-refractivity contribution >= 4 is 21.6 Å². The molecular weight excluding hydrogens is 512 g/mol. The largest absolute Gasteiger partial charge is 0.395 e. The number of hydrogen-bond donors (Lipinski definition) is 1. The highest BCUT2D eigenvalue weighted by Gasteiger charge is 2.21. The molecule has 1 aromatic heterocycles. The summed E-state index contributed by atoms with van der Waals surface area (Å²) in [5.74, 6) is -3.64. The summed E-state index contributed by atoms with van der Waals surface area (Å²) in [5, 5.41) is 9.01. The minimum Gasteiger partial charge on any atom is -0.395 e. The van der Waals surface area contributed by atoms with Crippen molar-refractivity contribution in [2.24, 2.45) is 0 Å². The van der Waals surface area contributed by atoms with Crippen LogP contribution < -0.4 is 15.3 Å². The van der Waals surface area contributed by atoms with Gasteiger partial charge in [0.25, 0.3) is 5.56 Å².